The molecule has 0 aromatic carbocycles. The highest BCUT2D eigenvalue weighted by molar-refractivity contribution is 5.66. The van der Waals surface area contributed by atoms with E-state index in [-0.39, 0.29) is 24.7 Å². The summed E-state index contributed by atoms with van der Waals surface area (Å²) in [5.41, 5.74) is 0. The Morgan fingerprint density at radius 3 is 2.50 bits per heavy atom. The number of hydrogen-bond acceptors (Lipinski definition) is 4. The average molecular weight is 427 g/mol. The lowest BCUT2D eigenvalue weighted by Crippen LogP contribution is -2.55. The molecule has 1 N–H and O–H groups in total. The van der Waals surface area contributed by atoms with Gasteiger partial charge in [-0.1, -0.05) is 41.0 Å². The number of aliphatic carboxylic acids is 1. The van der Waals surface area contributed by atoms with Crippen molar-refractivity contribution in [1.29, 1.82) is 0 Å². The Labute approximate surface area is 184 Å². The highest BCUT2D eigenvalue weighted by atomic mass is 16.7. The van der Waals surface area contributed by atoms with E-state index in [2.05, 4.69) is 20.8 Å². The van der Waals surface area contributed by atoms with Crippen LogP contribution in [0.15, 0.2) is 0 Å². The molecule has 2 saturated heterocycles. The topological polar surface area (TPSA) is 65.0 Å². The van der Waals surface area contributed by atoms with Crippen LogP contribution in [0.2, 0.25) is 0 Å². The third-order valence-electron chi connectivity index (χ3n) is 7.01. The van der Waals surface area contributed by atoms with Crippen LogP contribution >= 0.6 is 0 Å². The third-order valence-corrected chi connectivity index (χ3v) is 7.01. The molecule has 0 aromatic rings. The largest absolute Gasteiger partial charge is 0.481 e. The van der Waals surface area contributed by atoms with Crippen molar-refractivity contribution >= 4 is 5.97 Å². The first kappa shape index (κ1) is 25.6. The average Bonchev–Trinajstić information content (AvgIpc) is 2.69. The molecule has 1 aliphatic carbocycles. The van der Waals surface area contributed by atoms with Crippen molar-refractivity contribution in [2.75, 3.05) is 6.61 Å². The van der Waals surface area contributed by atoms with Gasteiger partial charge in [0.05, 0.1) is 24.9 Å². The van der Waals surface area contributed by atoms with Gasteiger partial charge in [-0.15, -0.1) is 0 Å². The van der Waals surface area contributed by atoms with E-state index in [1.165, 1.54) is 19.3 Å². The van der Waals surface area contributed by atoms with E-state index >= 15 is 0 Å². The highest BCUT2D eigenvalue weighted by Gasteiger charge is 2.49. The van der Waals surface area contributed by atoms with E-state index in [1.54, 1.807) is 0 Å². The molecule has 2 aliphatic heterocycles. The minimum atomic E-state index is -0.713. The number of rotatable bonds is 7. The molecule has 5 heteroatoms. The zero-order chi connectivity index (χ0) is 22.1. The van der Waals surface area contributed by atoms with Crippen LogP contribution in [-0.2, 0) is 19.0 Å². The summed E-state index contributed by atoms with van der Waals surface area (Å²) in [5.74, 6) is 0.580. The standard InChI is InChI=1S/C23H40O5.C2H6/c1-16(2)21-11-10-17(3)15-23(21)26-13-12-20(28-23)14-19-8-4-6-18(27-19)7-5-9-22(24)25;1-2/h16-21H,4-15H2,1-3H3,(H,24,25);1-2H3/t17-,18?,19?,20?,21?,23?;/m1./s1. The van der Waals surface area contributed by atoms with Gasteiger partial charge in [-0.2, -0.15) is 0 Å². The van der Waals surface area contributed by atoms with Crippen molar-refractivity contribution in [2.24, 2.45) is 17.8 Å². The van der Waals surface area contributed by atoms with Crippen LogP contribution in [0.1, 0.15) is 105 Å². The molecule has 176 valence electrons. The number of ether oxygens (including phenoxy) is 3. The van der Waals surface area contributed by atoms with Gasteiger partial charge in [-0.25, -0.2) is 0 Å². The summed E-state index contributed by atoms with van der Waals surface area (Å²) in [6.45, 7) is 11.7. The first-order valence-electron chi connectivity index (χ1n) is 12.6. The van der Waals surface area contributed by atoms with Crippen molar-refractivity contribution in [2.45, 2.75) is 129 Å². The van der Waals surface area contributed by atoms with Gasteiger partial charge in [-0.3, -0.25) is 4.79 Å². The van der Waals surface area contributed by atoms with E-state index in [4.69, 9.17) is 19.3 Å². The van der Waals surface area contributed by atoms with Crippen LogP contribution in [0.25, 0.3) is 0 Å². The molecule has 2 heterocycles. The molecular weight excluding hydrogens is 380 g/mol. The molecule has 30 heavy (non-hydrogen) atoms. The summed E-state index contributed by atoms with van der Waals surface area (Å²) in [6.07, 6.45) is 11.1. The predicted molar refractivity (Wildman–Crippen MR) is 119 cm³/mol. The number of hydrogen-bond donors (Lipinski definition) is 1. The van der Waals surface area contributed by atoms with E-state index in [0.717, 1.165) is 45.1 Å². The molecule has 0 radical (unpaired) electrons. The Kier molecular flexibility index (Phi) is 10.6. The maximum atomic E-state index is 10.7. The monoisotopic (exact) mass is 426 g/mol. The van der Waals surface area contributed by atoms with Crippen molar-refractivity contribution in [3.05, 3.63) is 0 Å². The lowest BCUT2D eigenvalue weighted by molar-refractivity contribution is -0.342. The highest BCUT2D eigenvalue weighted by Crippen LogP contribution is 2.47. The van der Waals surface area contributed by atoms with Gasteiger partial charge in [0.1, 0.15) is 0 Å². The van der Waals surface area contributed by atoms with E-state index in [0.29, 0.717) is 24.2 Å². The Balaban J connectivity index is 0.00000155. The van der Waals surface area contributed by atoms with Crippen LogP contribution in [0.5, 0.6) is 0 Å². The number of carboxylic acid groups (broad SMARTS) is 1. The summed E-state index contributed by atoms with van der Waals surface area (Å²) < 4.78 is 19.4. The Hall–Kier alpha value is -0.650. The van der Waals surface area contributed by atoms with E-state index < -0.39 is 11.8 Å². The molecule has 0 amide bonds. The molecule has 6 atom stereocenters. The second kappa shape index (κ2) is 12.4. The molecule has 0 aromatic heterocycles. The van der Waals surface area contributed by atoms with Gasteiger partial charge >= 0.3 is 5.97 Å². The van der Waals surface area contributed by atoms with Crippen molar-refractivity contribution in [3.8, 4) is 0 Å². The van der Waals surface area contributed by atoms with Crippen LogP contribution in [0.4, 0.5) is 0 Å². The molecule has 1 saturated carbocycles. The second-order valence-corrected chi connectivity index (χ2v) is 9.76. The number of carbonyl (C=O) groups is 1. The van der Waals surface area contributed by atoms with Crippen LogP contribution in [0.3, 0.4) is 0 Å². The number of carboxylic acids is 1. The Morgan fingerprint density at radius 1 is 1.07 bits per heavy atom. The SMILES string of the molecule is CC.CC(C)C1CC[C@@H](C)CC12OCCC(CC1CCCC(CCCC(=O)O)O1)O2. The Morgan fingerprint density at radius 2 is 1.80 bits per heavy atom. The fourth-order valence-corrected chi connectivity index (χ4v) is 5.61. The molecule has 3 fully saturated rings. The van der Waals surface area contributed by atoms with E-state index in [9.17, 15) is 4.79 Å². The maximum absolute atomic E-state index is 10.7. The quantitative estimate of drug-likeness (QED) is 0.526. The molecule has 5 nitrogen and oxygen atoms in total. The smallest absolute Gasteiger partial charge is 0.303 e. The summed E-state index contributed by atoms with van der Waals surface area (Å²) in [5, 5.41) is 8.84. The summed E-state index contributed by atoms with van der Waals surface area (Å²) >= 11 is 0. The first-order valence-corrected chi connectivity index (χ1v) is 12.6. The molecule has 1 spiro atoms. The molecule has 5 unspecified atom stereocenters. The van der Waals surface area contributed by atoms with Gasteiger partial charge in [0, 0.05) is 18.8 Å². The molecular formula is C25H46O5. The zero-order valence-corrected chi connectivity index (χ0v) is 20.0. The fourth-order valence-electron chi connectivity index (χ4n) is 5.61. The predicted octanol–water partition coefficient (Wildman–Crippen LogP) is 6.19. The van der Waals surface area contributed by atoms with Gasteiger partial charge in [0.15, 0.2) is 5.79 Å². The van der Waals surface area contributed by atoms with Gasteiger partial charge in [-0.05, 0) is 63.2 Å². The molecule has 3 rings (SSSR count). The fraction of sp³-hybridized carbons (Fsp3) is 0.960. The van der Waals surface area contributed by atoms with Crippen molar-refractivity contribution < 1.29 is 24.1 Å². The summed E-state index contributed by atoms with van der Waals surface area (Å²) in [7, 11) is 0. The van der Waals surface area contributed by atoms with Crippen LogP contribution in [-0.4, -0.2) is 41.8 Å². The Bertz CT molecular complexity index is 508. The third kappa shape index (κ3) is 7.20. The summed E-state index contributed by atoms with van der Waals surface area (Å²) in [4.78, 5) is 10.7. The van der Waals surface area contributed by atoms with Gasteiger partial charge in [0.25, 0.3) is 0 Å². The second-order valence-electron chi connectivity index (χ2n) is 9.76. The minimum absolute atomic E-state index is 0.211. The summed E-state index contributed by atoms with van der Waals surface area (Å²) in [6, 6.07) is 0. The van der Waals surface area contributed by atoms with Crippen LogP contribution < -0.4 is 0 Å². The maximum Gasteiger partial charge on any atom is 0.303 e. The molecule has 0 bridgehead atoms. The molecule has 3 aliphatic rings. The normalized spacial score (nSPS) is 36.9. The van der Waals surface area contributed by atoms with Crippen LogP contribution in [0, 0.1) is 17.8 Å². The zero-order valence-electron chi connectivity index (χ0n) is 20.0. The van der Waals surface area contributed by atoms with Crippen molar-refractivity contribution in [1.82, 2.24) is 0 Å². The lowest BCUT2D eigenvalue weighted by atomic mass is 9.72. The van der Waals surface area contributed by atoms with E-state index in [1.807, 2.05) is 13.8 Å². The first-order chi connectivity index (χ1) is 14.4. The van der Waals surface area contributed by atoms with Crippen molar-refractivity contribution in [3.63, 3.8) is 0 Å². The van der Waals surface area contributed by atoms with Gasteiger partial charge < -0.3 is 19.3 Å². The lowest BCUT2D eigenvalue weighted by Gasteiger charge is -2.51. The van der Waals surface area contributed by atoms with Gasteiger partial charge in [0.2, 0.25) is 0 Å². The minimum Gasteiger partial charge on any atom is -0.481 e.